The van der Waals surface area contributed by atoms with Crippen molar-refractivity contribution in [1.29, 1.82) is 0 Å². The average Bonchev–Trinajstić information content (AvgIpc) is 3.81. The summed E-state index contributed by atoms with van der Waals surface area (Å²) in [5.41, 5.74) is 18.5. The number of fused-ring (bicyclic) bond motifs is 10. The van der Waals surface area contributed by atoms with Crippen molar-refractivity contribution in [3.63, 3.8) is 0 Å². The maximum atomic E-state index is 2.47. The van der Waals surface area contributed by atoms with E-state index < -0.39 is 0 Å². The fraction of sp³-hybridized carbons (Fsp3) is 0.164. The van der Waals surface area contributed by atoms with Gasteiger partial charge in [0.2, 0.25) is 0 Å². The second-order valence-electron chi connectivity index (χ2n) is 17.3. The van der Waals surface area contributed by atoms with Gasteiger partial charge in [0, 0.05) is 59.6 Å². The van der Waals surface area contributed by atoms with Crippen LogP contribution in [0.3, 0.4) is 0 Å². The van der Waals surface area contributed by atoms with Crippen molar-refractivity contribution in [2.24, 2.45) is 5.92 Å². The molecule has 0 bridgehead atoms. The number of thiophene rings is 1. The van der Waals surface area contributed by atoms with Gasteiger partial charge >= 0.3 is 0 Å². The van der Waals surface area contributed by atoms with Crippen LogP contribution in [-0.2, 0) is 10.8 Å². The first-order valence-electron chi connectivity index (χ1n) is 20.4. The molecule has 0 spiro atoms. The summed E-state index contributed by atoms with van der Waals surface area (Å²) in [4.78, 5) is 2.47. The van der Waals surface area contributed by atoms with Gasteiger partial charge in [-0.15, -0.1) is 11.3 Å². The summed E-state index contributed by atoms with van der Waals surface area (Å²) in [5.74, 6) is 0.684. The Hall–Kier alpha value is -5.96. The van der Waals surface area contributed by atoms with E-state index in [2.05, 4.69) is 209 Å². The third-order valence-corrected chi connectivity index (χ3v) is 14.7. The molecule has 0 radical (unpaired) electrons. The van der Waals surface area contributed by atoms with Gasteiger partial charge in [-0.1, -0.05) is 174 Å². The smallest absolute Gasteiger partial charge is 0.0464 e. The van der Waals surface area contributed by atoms with Crippen molar-refractivity contribution >= 4 is 42.9 Å². The molecule has 2 heteroatoms. The van der Waals surface area contributed by atoms with Crippen molar-refractivity contribution in [1.82, 2.24) is 0 Å². The van der Waals surface area contributed by atoms with Crippen LogP contribution in [0.25, 0.3) is 53.6 Å². The molecule has 0 saturated carbocycles. The van der Waals surface area contributed by atoms with Crippen LogP contribution in [0.5, 0.6) is 0 Å². The van der Waals surface area contributed by atoms with Crippen molar-refractivity contribution in [2.45, 2.75) is 51.4 Å². The maximum Gasteiger partial charge on any atom is 0.0464 e. The molecule has 3 aliphatic rings. The number of allylic oxidation sites excluding steroid dienone is 3. The largest absolute Gasteiger partial charge is 0.311 e. The lowest BCUT2D eigenvalue weighted by molar-refractivity contribution is 0.628. The molecule has 0 aliphatic heterocycles. The summed E-state index contributed by atoms with van der Waals surface area (Å²) in [6, 6.07) is 56.9. The summed E-state index contributed by atoms with van der Waals surface area (Å²) < 4.78 is 2.75. The molecule has 57 heavy (non-hydrogen) atoms. The van der Waals surface area contributed by atoms with Gasteiger partial charge < -0.3 is 4.90 Å². The van der Waals surface area contributed by atoms with Gasteiger partial charge in [0.25, 0.3) is 0 Å². The zero-order valence-electron chi connectivity index (χ0n) is 33.2. The Morgan fingerprint density at radius 3 is 1.91 bits per heavy atom. The third-order valence-electron chi connectivity index (χ3n) is 13.4. The Morgan fingerprint density at radius 1 is 0.509 bits per heavy atom. The summed E-state index contributed by atoms with van der Waals surface area (Å²) >= 11 is 1.96. The van der Waals surface area contributed by atoms with Crippen LogP contribution in [0.2, 0.25) is 0 Å². The van der Waals surface area contributed by atoms with Gasteiger partial charge in [-0.05, 0) is 91.9 Å². The second kappa shape index (κ2) is 12.5. The predicted molar refractivity (Wildman–Crippen MR) is 244 cm³/mol. The molecular formula is C55H45NS. The van der Waals surface area contributed by atoms with Gasteiger partial charge in [-0.3, -0.25) is 0 Å². The van der Waals surface area contributed by atoms with Crippen LogP contribution in [-0.4, -0.2) is 0 Å². The molecular weight excluding hydrogens is 707 g/mol. The summed E-state index contributed by atoms with van der Waals surface area (Å²) in [6.07, 6.45) is 7.21. The van der Waals surface area contributed by atoms with Crippen molar-refractivity contribution in [3.8, 4) is 33.4 Å². The predicted octanol–water partition coefficient (Wildman–Crippen LogP) is 15.3. The summed E-state index contributed by atoms with van der Waals surface area (Å²) in [6.45, 7) is 11.8. The number of anilines is 2. The second-order valence-corrected chi connectivity index (χ2v) is 18.4. The van der Waals surface area contributed by atoms with Crippen molar-refractivity contribution in [3.05, 3.63) is 203 Å². The van der Waals surface area contributed by atoms with Gasteiger partial charge in [-0.25, -0.2) is 0 Å². The van der Waals surface area contributed by atoms with Gasteiger partial charge in [0.1, 0.15) is 0 Å². The molecule has 1 heterocycles. The molecule has 3 aliphatic carbocycles. The first kappa shape index (κ1) is 34.3. The molecule has 0 saturated heterocycles. The highest BCUT2D eigenvalue weighted by Gasteiger charge is 2.38. The lowest BCUT2D eigenvalue weighted by Gasteiger charge is -2.32. The Morgan fingerprint density at radius 2 is 1.14 bits per heavy atom. The molecule has 2 unspecified atom stereocenters. The highest BCUT2D eigenvalue weighted by Crippen LogP contribution is 2.55. The zero-order valence-corrected chi connectivity index (χ0v) is 34.0. The molecule has 0 amide bonds. The lowest BCUT2D eigenvalue weighted by Crippen LogP contribution is -2.21. The van der Waals surface area contributed by atoms with Crippen LogP contribution < -0.4 is 4.90 Å². The number of nitrogens with zero attached hydrogens (tertiary/aromatic N) is 1. The zero-order chi connectivity index (χ0) is 38.6. The van der Waals surface area contributed by atoms with E-state index in [9.17, 15) is 0 Å². The van der Waals surface area contributed by atoms with Crippen LogP contribution in [0.15, 0.2) is 176 Å². The molecule has 1 aromatic heterocycles. The third kappa shape index (κ3) is 5.06. The number of hydrogen-bond acceptors (Lipinski definition) is 2. The number of benzene rings is 7. The molecule has 11 rings (SSSR count). The van der Waals surface area contributed by atoms with E-state index in [1.54, 1.807) is 0 Å². The minimum absolute atomic E-state index is 0.0113. The van der Waals surface area contributed by atoms with Gasteiger partial charge in [0.15, 0.2) is 0 Å². The number of rotatable bonds is 5. The molecule has 0 N–H and O–H groups in total. The van der Waals surface area contributed by atoms with E-state index in [1.807, 2.05) is 11.3 Å². The molecule has 1 nitrogen and oxygen atoms in total. The van der Waals surface area contributed by atoms with E-state index in [1.165, 1.54) is 92.8 Å². The highest BCUT2D eigenvalue weighted by molar-refractivity contribution is 7.27. The average molecular weight is 752 g/mol. The van der Waals surface area contributed by atoms with E-state index in [0.717, 1.165) is 5.69 Å². The van der Waals surface area contributed by atoms with Crippen LogP contribution >= 0.6 is 11.3 Å². The minimum Gasteiger partial charge on any atom is -0.311 e. The molecule has 2 atom stereocenters. The summed E-state index contributed by atoms with van der Waals surface area (Å²) in [7, 11) is 0. The fourth-order valence-corrected chi connectivity index (χ4v) is 11.8. The Kier molecular flexibility index (Phi) is 7.53. The molecule has 8 aromatic rings. The van der Waals surface area contributed by atoms with E-state index in [0.29, 0.717) is 11.8 Å². The van der Waals surface area contributed by atoms with Crippen LogP contribution in [0.4, 0.5) is 11.4 Å². The molecule has 0 fully saturated rings. The van der Waals surface area contributed by atoms with E-state index in [4.69, 9.17) is 0 Å². The quantitative estimate of drug-likeness (QED) is 0.169. The standard InChI is InChI=1S/C55H45NS/c1-34-32-38(26-28-40(34)35-14-7-6-8-15-35)56(39-27-29-43-42-16-9-11-20-47(42)55(4,5)50(43)33-39)37-24-22-36(23-25-37)41-18-13-19-44-45-30-31-49-51(53(45)57-52(41)44)46-17-10-12-21-48(46)54(49,2)3/h6-34,40H,1-5H3. The SMILES string of the molecule is CC1C=C(N(c2ccc(-c3cccc4c3sc3c5c(ccc34)C(C)(C)c3ccccc3-5)cc2)c2ccc3c(c2)C(C)(C)c2ccccc2-3)C=CC1c1ccccc1. The Bertz CT molecular complexity index is 2970. The van der Waals surface area contributed by atoms with Crippen LogP contribution in [0.1, 0.15) is 68.4 Å². The monoisotopic (exact) mass is 751 g/mol. The molecule has 276 valence electrons. The fourth-order valence-electron chi connectivity index (χ4n) is 10.4. The summed E-state index contributed by atoms with van der Waals surface area (Å²) in [5, 5.41) is 2.69. The van der Waals surface area contributed by atoms with Crippen molar-refractivity contribution in [2.75, 3.05) is 4.90 Å². The van der Waals surface area contributed by atoms with E-state index in [-0.39, 0.29) is 10.8 Å². The van der Waals surface area contributed by atoms with Crippen LogP contribution in [0, 0.1) is 5.92 Å². The molecule has 7 aromatic carbocycles. The normalized spacial score (nSPS) is 18.2. The lowest BCUT2D eigenvalue weighted by atomic mass is 9.82. The van der Waals surface area contributed by atoms with Gasteiger partial charge in [0.05, 0.1) is 0 Å². The van der Waals surface area contributed by atoms with Gasteiger partial charge in [-0.2, -0.15) is 0 Å². The van der Waals surface area contributed by atoms with E-state index >= 15 is 0 Å². The topological polar surface area (TPSA) is 3.24 Å². The first-order valence-corrected chi connectivity index (χ1v) is 21.2. The van der Waals surface area contributed by atoms with Crippen molar-refractivity contribution < 1.29 is 0 Å². The Labute approximate surface area is 340 Å². The highest BCUT2D eigenvalue weighted by atomic mass is 32.1. The number of hydrogen-bond donors (Lipinski definition) is 0. The minimum atomic E-state index is -0.0825. The Balaban J connectivity index is 1.02. The first-order chi connectivity index (χ1) is 27.7. The maximum absolute atomic E-state index is 2.47.